The van der Waals surface area contributed by atoms with Crippen LogP contribution in [0.5, 0.6) is 5.75 Å². The molecule has 5 heteroatoms. The van der Waals surface area contributed by atoms with Gasteiger partial charge in [0, 0.05) is 0 Å². The fourth-order valence-corrected chi connectivity index (χ4v) is 2.73. The highest BCUT2D eigenvalue weighted by atomic mass is 16.5. The Morgan fingerprint density at radius 3 is 2.16 bits per heavy atom. The molecule has 1 aromatic carbocycles. The smallest absolute Gasteiger partial charge is 0.427 e. The van der Waals surface area contributed by atoms with E-state index in [1.807, 2.05) is 0 Å². The summed E-state index contributed by atoms with van der Waals surface area (Å²) >= 11 is 0. The summed E-state index contributed by atoms with van der Waals surface area (Å²) in [6.07, 6.45) is 12.4. The molecule has 1 aromatic rings. The number of rotatable bonds is 13. The van der Waals surface area contributed by atoms with Crippen molar-refractivity contribution in [2.45, 2.75) is 71.1 Å². The number of hydrogen-bond acceptors (Lipinski definition) is 4. The van der Waals surface area contributed by atoms with Crippen LogP contribution in [-0.2, 0) is 4.74 Å². The van der Waals surface area contributed by atoms with Crippen molar-refractivity contribution < 1.29 is 14.3 Å². The van der Waals surface area contributed by atoms with Crippen LogP contribution in [0.1, 0.15) is 81.5 Å². The number of nitrogens with zero attached hydrogens (tertiary/aromatic N) is 2. The molecule has 5 nitrogen and oxygen atoms in total. The molecule has 0 aliphatic rings. The molecular weight excluding hydrogens is 316 g/mol. The van der Waals surface area contributed by atoms with Crippen molar-refractivity contribution in [2.24, 2.45) is 0 Å². The van der Waals surface area contributed by atoms with Gasteiger partial charge in [-0.25, -0.2) is 4.79 Å². The first-order valence-corrected chi connectivity index (χ1v) is 9.43. The number of carbonyl (C=O) groups is 1. The number of benzene rings is 1. The number of hydrogen-bond donors (Lipinski definition) is 0. The van der Waals surface area contributed by atoms with E-state index < -0.39 is 5.97 Å². The Morgan fingerprint density at radius 2 is 1.60 bits per heavy atom. The Balaban J connectivity index is 2.12. The van der Waals surface area contributed by atoms with Crippen molar-refractivity contribution in [1.82, 2.24) is 0 Å². The van der Waals surface area contributed by atoms with Gasteiger partial charge in [0.15, 0.2) is 4.98 Å². The molecule has 0 fully saturated rings. The van der Waals surface area contributed by atoms with Crippen molar-refractivity contribution in [1.29, 1.82) is 5.39 Å². The van der Waals surface area contributed by atoms with Crippen molar-refractivity contribution in [2.75, 3.05) is 13.7 Å². The van der Waals surface area contributed by atoms with E-state index in [1.54, 1.807) is 12.1 Å². The van der Waals surface area contributed by atoms with Crippen molar-refractivity contribution in [3.05, 3.63) is 28.7 Å². The third-order valence-electron chi connectivity index (χ3n) is 4.25. The molecule has 0 N–H and O–H groups in total. The molecule has 0 radical (unpaired) electrons. The van der Waals surface area contributed by atoms with E-state index in [0.717, 1.165) is 12.8 Å². The molecule has 0 aliphatic heterocycles. The Labute approximate surface area is 151 Å². The van der Waals surface area contributed by atoms with E-state index in [9.17, 15) is 4.79 Å². The molecule has 0 saturated carbocycles. The highest BCUT2D eigenvalue weighted by Crippen LogP contribution is 2.28. The zero-order chi connectivity index (χ0) is 18.3. The molecule has 0 atom stereocenters. The van der Waals surface area contributed by atoms with Crippen molar-refractivity contribution in [3.8, 4) is 5.75 Å². The summed E-state index contributed by atoms with van der Waals surface area (Å²) in [4.78, 5) is 15.1. The van der Waals surface area contributed by atoms with Gasteiger partial charge in [-0.05, 0) is 18.6 Å². The predicted octanol–water partition coefficient (Wildman–Crippen LogP) is 6.26. The first-order chi connectivity index (χ1) is 12.2. The van der Waals surface area contributed by atoms with Crippen LogP contribution in [0.3, 0.4) is 0 Å². The lowest BCUT2D eigenvalue weighted by molar-refractivity contribution is 0.0497. The van der Waals surface area contributed by atoms with E-state index in [0.29, 0.717) is 17.9 Å². The van der Waals surface area contributed by atoms with Crippen molar-refractivity contribution >= 4 is 11.7 Å². The number of ether oxygens (including phenoxy) is 2. The van der Waals surface area contributed by atoms with Gasteiger partial charge in [-0.15, -0.1) is 0 Å². The Hall–Kier alpha value is -2.09. The van der Waals surface area contributed by atoms with Crippen LogP contribution in [0.2, 0.25) is 0 Å². The molecule has 0 heterocycles. The maximum Gasteiger partial charge on any atom is 0.427 e. The highest BCUT2D eigenvalue weighted by molar-refractivity contribution is 5.91. The summed E-state index contributed by atoms with van der Waals surface area (Å²) in [6, 6.07) is 4.65. The number of carbonyl (C=O) groups excluding carboxylic acids is 1. The van der Waals surface area contributed by atoms with Gasteiger partial charge in [0.2, 0.25) is 11.1 Å². The highest BCUT2D eigenvalue weighted by Gasteiger charge is 2.18. The third kappa shape index (κ3) is 8.53. The van der Waals surface area contributed by atoms with Crippen molar-refractivity contribution in [3.63, 3.8) is 0 Å². The Morgan fingerprint density at radius 1 is 1.00 bits per heavy atom. The molecule has 0 spiro atoms. The molecule has 0 aliphatic carbocycles. The molecule has 0 saturated heterocycles. The first-order valence-electron chi connectivity index (χ1n) is 9.43. The second-order valence-electron chi connectivity index (χ2n) is 6.30. The van der Waals surface area contributed by atoms with Gasteiger partial charge in [-0.1, -0.05) is 64.7 Å². The molecular formula is C20H31N2O3+. The quantitative estimate of drug-likeness (QED) is 0.240. The zero-order valence-corrected chi connectivity index (χ0v) is 15.6. The molecule has 0 bridgehead atoms. The maximum absolute atomic E-state index is 12.0. The fraction of sp³-hybridized carbons (Fsp3) is 0.650. The van der Waals surface area contributed by atoms with Gasteiger partial charge in [0.1, 0.15) is 0 Å². The van der Waals surface area contributed by atoms with Gasteiger partial charge < -0.3 is 9.47 Å². The van der Waals surface area contributed by atoms with E-state index in [-0.39, 0.29) is 5.69 Å². The lowest BCUT2D eigenvalue weighted by Gasteiger charge is -2.05. The van der Waals surface area contributed by atoms with Crippen LogP contribution in [0, 0.1) is 5.39 Å². The monoisotopic (exact) mass is 347 g/mol. The lowest BCUT2D eigenvalue weighted by atomic mass is 10.1. The van der Waals surface area contributed by atoms with Gasteiger partial charge in [0.25, 0.3) is 0 Å². The van der Waals surface area contributed by atoms with Gasteiger partial charge in [0.05, 0.1) is 25.3 Å². The molecule has 0 aromatic heterocycles. The third-order valence-corrected chi connectivity index (χ3v) is 4.25. The van der Waals surface area contributed by atoms with Gasteiger partial charge in [-0.3, -0.25) is 0 Å². The van der Waals surface area contributed by atoms with Gasteiger partial charge in [-0.2, -0.15) is 0 Å². The second kappa shape index (κ2) is 13.2. The second-order valence-corrected chi connectivity index (χ2v) is 6.30. The Bertz CT molecular complexity index is 552. The summed E-state index contributed by atoms with van der Waals surface area (Å²) in [5.74, 6) is 0.0113. The van der Waals surface area contributed by atoms with Crippen LogP contribution < -0.4 is 4.74 Å². The molecule has 25 heavy (non-hydrogen) atoms. The standard InChI is InChI=1S/C20H31N2O3/c1-3-4-5-6-7-8-9-10-11-12-15-25-20(23)17-13-14-19(24-2)18(16-17)22-21/h13-14,16H,3-12,15H2,1-2H3/q+1. The van der Waals surface area contributed by atoms with Crippen LogP contribution in [0.25, 0.3) is 4.98 Å². The minimum Gasteiger partial charge on any atom is -0.489 e. The van der Waals surface area contributed by atoms with E-state index in [4.69, 9.17) is 14.9 Å². The average molecular weight is 347 g/mol. The summed E-state index contributed by atoms with van der Waals surface area (Å²) in [5.41, 5.74) is 0.580. The van der Waals surface area contributed by atoms with Crippen LogP contribution >= 0.6 is 0 Å². The molecule has 1 rings (SSSR count). The first kappa shape index (κ1) is 21.0. The topological polar surface area (TPSA) is 63.7 Å². The largest absolute Gasteiger partial charge is 0.489 e. The van der Waals surface area contributed by atoms with Gasteiger partial charge >= 0.3 is 11.7 Å². The number of methoxy groups -OCH3 is 1. The minimum absolute atomic E-state index is 0.218. The summed E-state index contributed by atoms with van der Waals surface area (Å²) in [7, 11) is 1.48. The van der Waals surface area contributed by atoms with Crippen LogP contribution in [-0.4, -0.2) is 19.7 Å². The van der Waals surface area contributed by atoms with E-state index in [2.05, 4.69) is 11.9 Å². The number of unbranched alkanes of at least 4 members (excludes halogenated alkanes) is 9. The van der Waals surface area contributed by atoms with E-state index in [1.165, 1.54) is 64.5 Å². The molecule has 0 unspecified atom stereocenters. The number of esters is 1. The minimum atomic E-state index is -0.400. The predicted molar refractivity (Wildman–Crippen MR) is 99.9 cm³/mol. The van der Waals surface area contributed by atoms with Crippen LogP contribution in [0.4, 0.5) is 5.69 Å². The summed E-state index contributed by atoms with van der Waals surface area (Å²) in [6.45, 7) is 2.66. The normalized spacial score (nSPS) is 10.3. The lowest BCUT2D eigenvalue weighted by Crippen LogP contribution is -2.06. The molecule has 0 amide bonds. The zero-order valence-electron chi connectivity index (χ0n) is 15.6. The maximum atomic E-state index is 12.0. The summed E-state index contributed by atoms with van der Waals surface area (Å²) < 4.78 is 10.3. The molecule has 138 valence electrons. The van der Waals surface area contributed by atoms with E-state index >= 15 is 0 Å². The van der Waals surface area contributed by atoms with Crippen LogP contribution in [0.15, 0.2) is 18.2 Å². The number of diazo groups is 1. The summed E-state index contributed by atoms with van der Waals surface area (Å²) in [5, 5.41) is 8.93. The average Bonchev–Trinajstić information content (AvgIpc) is 2.65. The fourth-order valence-electron chi connectivity index (χ4n) is 2.73. The SMILES string of the molecule is CCCCCCCCCCCCOC(=O)c1ccc(OC)c([N+]#N)c1. The Kier molecular flexibility index (Phi) is 11.1.